The molecule has 2 saturated carbocycles. The summed E-state index contributed by atoms with van der Waals surface area (Å²) in [6, 6.07) is 9.69. The fourth-order valence-corrected chi connectivity index (χ4v) is 8.12. The van der Waals surface area contributed by atoms with Gasteiger partial charge in [0.1, 0.15) is 5.71 Å². The van der Waals surface area contributed by atoms with Crippen molar-refractivity contribution in [3.8, 4) is 0 Å². The van der Waals surface area contributed by atoms with E-state index in [0.29, 0.717) is 23.8 Å². The summed E-state index contributed by atoms with van der Waals surface area (Å²) in [5.74, 6) is 0.715. The lowest BCUT2D eigenvalue weighted by Gasteiger charge is -2.55. The normalized spacial score (nSPS) is 32.3. The molecule has 2 aliphatic carbocycles. The summed E-state index contributed by atoms with van der Waals surface area (Å²) in [5.41, 5.74) is 1.98. The Balaban J connectivity index is 1.32. The molecule has 37 heavy (non-hydrogen) atoms. The summed E-state index contributed by atoms with van der Waals surface area (Å²) < 4.78 is 1.96. The van der Waals surface area contributed by atoms with Crippen LogP contribution in [0.1, 0.15) is 89.3 Å². The van der Waals surface area contributed by atoms with E-state index in [2.05, 4.69) is 15.0 Å². The minimum absolute atomic E-state index is 0.113. The average Bonchev–Trinajstić information content (AvgIpc) is 2.87. The Kier molecular flexibility index (Phi) is 6.78. The Bertz CT molecular complexity index is 1230. The van der Waals surface area contributed by atoms with E-state index in [1.54, 1.807) is 6.92 Å². The van der Waals surface area contributed by atoms with Gasteiger partial charge in [0.15, 0.2) is 5.69 Å². The van der Waals surface area contributed by atoms with E-state index < -0.39 is 12.6 Å². The third-order valence-electron chi connectivity index (χ3n) is 9.42. The number of carboxylic acids is 1. The fourth-order valence-electron chi connectivity index (χ4n) is 8.12. The van der Waals surface area contributed by atoms with Gasteiger partial charge in [0.2, 0.25) is 6.61 Å². The number of nitrogens with zero attached hydrogens (tertiary/aromatic N) is 4. The number of carbonyl (C=O) groups is 1. The fraction of sp³-hybridized carbons (Fsp3) is 0.655. The van der Waals surface area contributed by atoms with Crippen molar-refractivity contribution in [1.82, 2.24) is 14.5 Å². The second-order valence-corrected chi connectivity index (χ2v) is 11.8. The van der Waals surface area contributed by atoms with Gasteiger partial charge >= 0.3 is 5.97 Å². The van der Waals surface area contributed by atoms with Crippen LogP contribution in [-0.2, 0) is 9.63 Å². The molecule has 1 N–H and O–H groups in total. The number of para-hydroxylation sites is 2. The summed E-state index contributed by atoms with van der Waals surface area (Å²) in [6.45, 7) is 1.10. The van der Waals surface area contributed by atoms with Crippen LogP contribution in [0.2, 0.25) is 0 Å². The smallest absolute Gasteiger partial charge is 0.344 e. The predicted octanol–water partition coefficient (Wildman–Crippen LogP) is 4.75. The molecule has 2 aromatic rings. The van der Waals surface area contributed by atoms with Crippen molar-refractivity contribution < 1.29 is 14.7 Å². The van der Waals surface area contributed by atoms with Gasteiger partial charge in [-0.15, -0.1) is 0 Å². The number of carboxylic acid groups (broad SMARTS) is 1. The molecule has 198 valence electrons. The van der Waals surface area contributed by atoms with Crippen molar-refractivity contribution in [3.05, 3.63) is 40.3 Å². The van der Waals surface area contributed by atoms with Gasteiger partial charge in [0.25, 0.3) is 5.56 Å². The quantitative estimate of drug-likeness (QED) is 0.449. The van der Waals surface area contributed by atoms with E-state index >= 15 is 0 Å². The number of rotatable bonds is 6. The summed E-state index contributed by atoms with van der Waals surface area (Å²) in [4.78, 5) is 37.2. The van der Waals surface area contributed by atoms with Crippen LogP contribution in [0.4, 0.5) is 0 Å². The molecule has 1 aromatic carbocycles. The van der Waals surface area contributed by atoms with Gasteiger partial charge in [-0.05, 0) is 75.8 Å². The Morgan fingerprint density at radius 1 is 0.973 bits per heavy atom. The molecule has 4 fully saturated rings. The van der Waals surface area contributed by atoms with Crippen molar-refractivity contribution in [2.45, 2.75) is 102 Å². The first-order valence-electron chi connectivity index (χ1n) is 14.2. The van der Waals surface area contributed by atoms with E-state index in [0.717, 1.165) is 35.7 Å². The molecular formula is C29H38N4O4. The number of aromatic nitrogens is 2. The number of hydrogen-bond acceptors (Lipinski definition) is 6. The SMILES string of the molecule is C/C(=N\OCC(=O)O)c1nc2ccccc2n(C2CC3CCCC(C2)N3C2CC3CCCC(C3)C2)c1=O. The molecular weight excluding hydrogens is 468 g/mol. The van der Waals surface area contributed by atoms with Gasteiger partial charge in [0, 0.05) is 24.2 Å². The minimum atomic E-state index is -1.11. The van der Waals surface area contributed by atoms with Gasteiger partial charge in [-0.1, -0.05) is 43.0 Å². The number of piperidine rings is 2. The zero-order valence-electron chi connectivity index (χ0n) is 21.7. The highest BCUT2D eigenvalue weighted by molar-refractivity contribution is 5.97. The lowest BCUT2D eigenvalue weighted by atomic mass is 9.68. The molecule has 4 bridgehead atoms. The van der Waals surface area contributed by atoms with Crippen LogP contribution in [0.25, 0.3) is 11.0 Å². The topological polar surface area (TPSA) is 97.0 Å². The molecule has 4 unspecified atom stereocenters. The van der Waals surface area contributed by atoms with E-state index in [9.17, 15) is 9.59 Å². The van der Waals surface area contributed by atoms with E-state index in [1.807, 2.05) is 28.8 Å². The van der Waals surface area contributed by atoms with Crippen molar-refractivity contribution in [3.63, 3.8) is 0 Å². The monoisotopic (exact) mass is 506 g/mol. The molecule has 0 amide bonds. The highest BCUT2D eigenvalue weighted by Gasteiger charge is 2.45. The van der Waals surface area contributed by atoms with Crippen molar-refractivity contribution >= 4 is 22.7 Å². The molecule has 2 aliphatic heterocycles. The molecule has 8 nitrogen and oxygen atoms in total. The van der Waals surface area contributed by atoms with Crippen LogP contribution >= 0.6 is 0 Å². The molecule has 0 spiro atoms. The second kappa shape index (κ2) is 10.2. The minimum Gasteiger partial charge on any atom is -0.479 e. The Morgan fingerprint density at radius 3 is 2.35 bits per heavy atom. The van der Waals surface area contributed by atoms with Crippen molar-refractivity contribution in [2.24, 2.45) is 17.0 Å². The molecule has 8 heteroatoms. The van der Waals surface area contributed by atoms with Crippen LogP contribution in [-0.4, -0.2) is 56.0 Å². The first kappa shape index (κ1) is 24.6. The summed E-state index contributed by atoms with van der Waals surface area (Å²) >= 11 is 0. The largest absolute Gasteiger partial charge is 0.479 e. The zero-order chi connectivity index (χ0) is 25.5. The third-order valence-corrected chi connectivity index (χ3v) is 9.42. The third kappa shape index (κ3) is 4.80. The number of aliphatic carboxylic acids is 1. The van der Waals surface area contributed by atoms with Crippen LogP contribution in [0.3, 0.4) is 0 Å². The van der Waals surface area contributed by atoms with Gasteiger partial charge in [-0.25, -0.2) is 9.78 Å². The maximum absolute atomic E-state index is 13.9. The summed E-state index contributed by atoms with van der Waals surface area (Å²) in [5, 5.41) is 12.8. The Labute approximate surface area is 217 Å². The van der Waals surface area contributed by atoms with E-state index in [1.165, 1.54) is 57.8 Å². The van der Waals surface area contributed by atoms with Gasteiger partial charge in [0.05, 0.1) is 11.0 Å². The number of benzene rings is 1. The number of oxime groups is 1. The highest BCUT2D eigenvalue weighted by atomic mass is 16.6. The lowest BCUT2D eigenvalue weighted by molar-refractivity contribution is -0.142. The lowest BCUT2D eigenvalue weighted by Crippen LogP contribution is -2.58. The van der Waals surface area contributed by atoms with Crippen LogP contribution in [0, 0.1) is 11.8 Å². The zero-order valence-corrected chi connectivity index (χ0v) is 21.7. The van der Waals surface area contributed by atoms with E-state index in [4.69, 9.17) is 9.94 Å². The van der Waals surface area contributed by atoms with Crippen molar-refractivity contribution in [2.75, 3.05) is 6.61 Å². The first-order chi connectivity index (χ1) is 18.0. The first-order valence-corrected chi connectivity index (χ1v) is 14.2. The standard InChI is InChI=1S/C29H38N4O4/c1-18(31-37-17-27(34)35)28-29(36)33(26-11-3-2-10-25(26)30-28)24-15-21-8-5-9-22(16-24)32(21)23-13-19-6-4-7-20(12-19)14-23/h2-3,10-11,19-24H,4-9,12-17H2,1H3,(H,34,35)/b31-18+. The van der Waals surface area contributed by atoms with Crippen LogP contribution in [0.15, 0.2) is 34.2 Å². The molecule has 1 aromatic heterocycles. The Hall–Kier alpha value is -2.74. The van der Waals surface area contributed by atoms with E-state index in [-0.39, 0.29) is 17.3 Å². The maximum atomic E-state index is 13.9. The van der Waals surface area contributed by atoms with Gasteiger partial charge in [-0.3, -0.25) is 9.69 Å². The molecule has 3 heterocycles. The predicted molar refractivity (Wildman–Crippen MR) is 142 cm³/mol. The Morgan fingerprint density at radius 2 is 1.65 bits per heavy atom. The molecule has 6 rings (SSSR count). The van der Waals surface area contributed by atoms with Crippen LogP contribution in [0.5, 0.6) is 0 Å². The van der Waals surface area contributed by atoms with Crippen molar-refractivity contribution in [1.29, 1.82) is 0 Å². The molecule has 4 aliphatic rings. The number of fused-ring (bicyclic) bond motifs is 5. The number of hydrogen-bond donors (Lipinski definition) is 1. The maximum Gasteiger partial charge on any atom is 0.344 e. The average molecular weight is 507 g/mol. The molecule has 0 radical (unpaired) electrons. The summed E-state index contributed by atoms with van der Waals surface area (Å²) in [7, 11) is 0. The summed E-state index contributed by atoms with van der Waals surface area (Å²) in [6.07, 6.45) is 14.1. The second-order valence-electron chi connectivity index (χ2n) is 11.8. The van der Waals surface area contributed by atoms with Gasteiger partial charge < -0.3 is 14.5 Å². The van der Waals surface area contributed by atoms with Gasteiger partial charge in [-0.2, -0.15) is 0 Å². The highest BCUT2D eigenvalue weighted by Crippen LogP contribution is 2.47. The molecule has 2 saturated heterocycles. The molecule has 4 atom stereocenters. The van der Waals surface area contributed by atoms with Crippen LogP contribution < -0.4 is 5.56 Å².